The van der Waals surface area contributed by atoms with E-state index in [1.807, 2.05) is 0 Å². The summed E-state index contributed by atoms with van der Waals surface area (Å²) in [5.41, 5.74) is 6.99. The lowest BCUT2D eigenvalue weighted by Crippen LogP contribution is -2.43. The normalized spacial score (nSPS) is 41.6. The van der Waals surface area contributed by atoms with Crippen LogP contribution in [0, 0.1) is 30.6 Å². The highest BCUT2D eigenvalue weighted by Gasteiger charge is 2.49. The van der Waals surface area contributed by atoms with E-state index in [0.717, 1.165) is 29.4 Å². The fraction of sp³-hybridized carbons (Fsp3) is 0.750. The minimum absolute atomic E-state index is 0.614. The third-order valence-electron chi connectivity index (χ3n) is 5.81. The molecule has 0 saturated heterocycles. The molecule has 4 bridgehead atoms. The van der Waals surface area contributed by atoms with Gasteiger partial charge in [0, 0.05) is 18.0 Å². The molecule has 0 aromatic carbocycles. The Hall–Kier alpha value is -0.760. The van der Waals surface area contributed by atoms with E-state index in [1.54, 1.807) is 0 Å². The summed E-state index contributed by atoms with van der Waals surface area (Å²) in [6.45, 7) is 2.67. The standard InChI is InChI=1S/C16H23NO/c1-9-14(8-17)7-15(18-9)16-12-3-10-2-11(5-12)6-13(16)4-10/h7,10-13,16H,2-6,8,17H2,1H3. The third kappa shape index (κ3) is 1.51. The van der Waals surface area contributed by atoms with Crippen molar-refractivity contribution in [2.45, 2.75) is 51.5 Å². The predicted octanol–water partition coefficient (Wildman–Crippen LogP) is 3.59. The fourth-order valence-electron chi connectivity index (χ4n) is 5.30. The van der Waals surface area contributed by atoms with Gasteiger partial charge in [-0.05, 0) is 68.8 Å². The first-order chi connectivity index (χ1) is 8.74. The van der Waals surface area contributed by atoms with Gasteiger partial charge in [0.2, 0.25) is 0 Å². The number of aryl methyl sites for hydroxylation is 1. The summed E-state index contributed by atoms with van der Waals surface area (Å²) in [4.78, 5) is 0. The van der Waals surface area contributed by atoms with Gasteiger partial charge in [0.1, 0.15) is 11.5 Å². The molecular weight excluding hydrogens is 222 g/mol. The van der Waals surface area contributed by atoms with E-state index in [2.05, 4.69) is 13.0 Å². The second-order valence-corrected chi connectivity index (χ2v) is 6.89. The van der Waals surface area contributed by atoms with Crippen LogP contribution in [0.5, 0.6) is 0 Å². The summed E-state index contributed by atoms with van der Waals surface area (Å²) >= 11 is 0. The van der Waals surface area contributed by atoms with E-state index < -0.39 is 0 Å². The number of hydrogen-bond acceptors (Lipinski definition) is 2. The summed E-state index contributed by atoms with van der Waals surface area (Å²) < 4.78 is 6.05. The third-order valence-corrected chi connectivity index (χ3v) is 5.81. The van der Waals surface area contributed by atoms with Crippen LogP contribution in [-0.2, 0) is 6.54 Å². The fourth-order valence-corrected chi connectivity index (χ4v) is 5.30. The molecular formula is C16H23NO. The van der Waals surface area contributed by atoms with Gasteiger partial charge in [-0.1, -0.05) is 0 Å². The van der Waals surface area contributed by atoms with E-state index in [4.69, 9.17) is 10.2 Å². The zero-order valence-corrected chi connectivity index (χ0v) is 11.2. The zero-order valence-electron chi connectivity index (χ0n) is 11.2. The average molecular weight is 245 g/mol. The maximum atomic E-state index is 6.05. The Bertz CT molecular complexity index is 434. The van der Waals surface area contributed by atoms with Gasteiger partial charge >= 0.3 is 0 Å². The smallest absolute Gasteiger partial charge is 0.108 e. The molecule has 4 aliphatic rings. The maximum absolute atomic E-state index is 6.05. The van der Waals surface area contributed by atoms with Crippen molar-refractivity contribution in [1.82, 2.24) is 0 Å². The van der Waals surface area contributed by atoms with Crippen LogP contribution in [0.2, 0.25) is 0 Å². The van der Waals surface area contributed by atoms with Gasteiger partial charge < -0.3 is 10.2 Å². The van der Waals surface area contributed by atoms with E-state index in [9.17, 15) is 0 Å². The van der Waals surface area contributed by atoms with Gasteiger partial charge in [0.25, 0.3) is 0 Å². The molecule has 1 aromatic heterocycles. The minimum Gasteiger partial charge on any atom is -0.466 e. The van der Waals surface area contributed by atoms with Gasteiger partial charge in [0.15, 0.2) is 0 Å². The highest BCUT2D eigenvalue weighted by molar-refractivity contribution is 5.25. The topological polar surface area (TPSA) is 39.2 Å². The first-order valence-corrected chi connectivity index (χ1v) is 7.54. The summed E-state index contributed by atoms with van der Waals surface area (Å²) in [6.07, 6.45) is 7.33. The Balaban J connectivity index is 1.67. The molecule has 0 atom stereocenters. The lowest BCUT2D eigenvalue weighted by Gasteiger charge is -2.53. The molecule has 0 aliphatic heterocycles. The average Bonchev–Trinajstić information content (AvgIpc) is 2.69. The highest BCUT2D eigenvalue weighted by atomic mass is 16.3. The second kappa shape index (κ2) is 3.86. The Kier molecular flexibility index (Phi) is 2.38. The lowest BCUT2D eigenvalue weighted by molar-refractivity contribution is -0.00982. The number of furan rings is 1. The molecule has 0 unspecified atom stereocenters. The molecule has 5 rings (SSSR count). The zero-order chi connectivity index (χ0) is 12.3. The molecule has 0 radical (unpaired) electrons. The Morgan fingerprint density at radius 1 is 1.11 bits per heavy atom. The van der Waals surface area contributed by atoms with Crippen LogP contribution in [0.1, 0.15) is 55.1 Å². The largest absolute Gasteiger partial charge is 0.466 e. The van der Waals surface area contributed by atoms with Gasteiger partial charge in [-0.3, -0.25) is 0 Å². The van der Waals surface area contributed by atoms with Crippen molar-refractivity contribution in [3.63, 3.8) is 0 Å². The summed E-state index contributed by atoms with van der Waals surface area (Å²) in [5.74, 6) is 6.87. The molecule has 4 saturated carbocycles. The van der Waals surface area contributed by atoms with Crippen LogP contribution < -0.4 is 5.73 Å². The van der Waals surface area contributed by atoms with Gasteiger partial charge in [-0.15, -0.1) is 0 Å². The van der Waals surface area contributed by atoms with Gasteiger partial charge in [-0.25, -0.2) is 0 Å². The van der Waals surface area contributed by atoms with Crippen molar-refractivity contribution in [3.8, 4) is 0 Å². The second-order valence-electron chi connectivity index (χ2n) is 6.89. The molecule has 4 aliphatic carbocycles. The van der Waals surface area contributed by atoms with E-state index in [1.165, 1.54) is 43.4 Å². The van der Waals surface area contributed by atoms with Crippen molar-refractivity contribution in [2.24, 2.45) is 29.4 Å². The minimum atomic E-state index is 0.614. The van der Waals surface area contributed by atoms with Crippen molar-refractivity contribution in [2.75, 3.05) is 0 Å². The van der Waals surface area contributed by atoms with E-state index >= 15 is 0 Å². The Morgan fingerprint density at radius 2 is 1.72 bits per heavy atom. The van der Waals surface area contributed by atoms with Gasteiger partial charge in [0.05, 0.1) is 0 Å². The summed E-state index contributed by atoms with van der Waals surface area (Å²) in [7, 11) is 0. The summed E-state index contributed by atoms with van der Waals surface area (Å²) in [6, 6.07) is 2.25. The molecule has 98 valence electrons. The number of rotatable bonds is 2. The van der Waals surface area contributed by atoms with Crippen LogP contribution >= 0.6 is 0 Å². The SMILES string of the molecule is Cc1oc(C2C3CC4CC(C3)CC2C4)cc1CN. The van der Waals surface area contributed by atoms with Crippen molar-refractivity contribution in [3.05, 3.63) is 23.2 Å². The number of hydrogen-bond donors (Lipinski definition) is 1. The molecule has 1 aromatic rings. The van der Waals surface area contributed by atoms with Gasteiger partial charge in [-0.2, -0.15) is 0 Å². The van der Waals surface area contributed by atoms with Crippen LogP contribution in [0.3, 0.4) is 0 Å². The van der Waals surface area contributed by atoms with Crippen molar-refractivity contribution in [1.29, 1.82) is 0 Å². The lowest BCUT2D eigenvalue weighted by atomic mass is 9.51. The predicted molar refractivity (Wildman–Crippen MR) is 71.1 cm³/mol. The van der Waals surface area contributed by atoms with Crippen LogP contribution in [0.15, 0.2) is 10.5 Å². The number of nitrogens with two attached hydrogens (primary N) is 1. The maximum Gasteiger partial charge on any atom is 0.108 e. The molecule has 2 nitrogen and oxygen atoms in total. The highest BCUT2D eigenvalue weighted by Crippen LogP contribution is 2.59. The van der Waals surface area contributed by atoms with Crippen molar-refractivity contribution >= 4 is 0 Å². The summed E-state index contributed by atoms with van der Waals surface area (Å²) in [5, 5.41) is 0. The van der Waals surface area contributed by atoms with Crippen LogP contribution in [0.4, 0.5) is 0 Å². The first-order valence-electron chi connectivity index (χ1n) is 7.54. The van der Waals surface area contributed by atoms with E-state index in [-0.39, 0.29) is 0 Å². The molecule has 2 heteroatoms. The monoisotopic (exact) mass is 245 g/mol. The first kappa shape index (κ1) is 11.1. The molecule has 0 amide bonds. The Labute approximate surface area is 109 Å². The molecule has 0 spiro atoms. The van der Waals surface area contributed by atoms with E-state index in [0.29, 0.717) is 12.5 Å². The molecule has 2 N–H and O–H groups in total. The van der Waals surface area contributed by atoms with Crippen LogP contribution in [0.25, 0.3) is 0 Å². The van der Waals surface area contributed by atoms with Crippen molar-refractivity contribution < 1.29 is 4.42 Å². The quantitative estimate of drug-likeness (QED) is 0.865. The Morgan fingerprint density at radius 3 is 2.22 bits per heavy atom. The molecule has 4 fully saturated rings. The van der Waals surface area contributed by atoms with Crippen LogP contribution in [-0.4, -0.2) is 0 Å². The molecule has 18 heavy (non-hydrogen) atoms. The molecule has 1 heterocycles.